The van der Waals surface area contributed by atoms with E-state index in [2.05, 4.69) is 6.58 Å². The normalized spacial score (nSPS) is 15.8. The first kappa shape index (κ1) is 25.5. The van der Waals surface area contributed by atoms with Gasteiger partial charge in [0.2, 0.25) is 0 Å². The van der Waals surface area contributed by atoms with Crippen LogP contribution in [0.2, 0.25) is 0 Å². The Morgan fingerprint density at radius 3 is 2.13 bits per heavy atom. The van der Waals surface area contributed by atoms with E-state index in [4.69, 9.17) is 0 Å². The standard InChI is InChI=1S/C16H29NO5.K/c1-4-5-6-7-8-9-10-17(11-12-18,13(2)15(19)20)14(3)16(21)22;/h4,13-14,18H,1,5-12H2,2-3H3,(H-,19,20,21,22);/q;+1. The van der Waals surface area contributed by atoms with Crippen LogP contribution in [0.5, 0.6) is 0 Å². The fourth-order valence-corrected chi connectivity index (χ4v) is 2.89. The van der Waals surface area contributed by atoms with Gasteiger partial charge in [-0.3, -0.25) is 0 Å². The maximum Gasteiger partial charge on any atom is 1.00 e. The zero-order valence-electron chi connectivity index (χ0n) is 14.7. The summed E-state index contributed by atoms with van der Waals surface area (Å²) >= 11 is 0. The number of aliphatic hydroxyl groups excluding tert-OH is 1. The number of hydrogen-bond acceptors (Lipinski definition) is 4. The average Bonchev–Trinajstić information content (AvgIpc) is 2.47. The van der Waals surface area contributed by atoms with Crippen LogP contribution in [0.3, 0.4) is 0 Å². The second-order valence-corrected chi connectivity index (χ2v) is 5.77. The summed E-state index contributed by atoms with van der Waals surface area (Å²) in [5.41, 5.74) is 0. The van der Waals surface area contributed by atoms with Crippen molar-refractivity contribution in [3.8, 4) is 0 Å². The fraction of sp³-hybridized carbons (Fsp3) is 0.750. The second-order valence-electron chi connectivity index (χ2n) is 5.77. The van der Waals surface area contributed by atoms with Crippen molar-refractivity contribution in [2.24, 2.45) is 0 Å². The monoisotopic (exact) mass is 354 g/mol. The van der Waals surface area contributed by atoms with E-state index < -0.39 is 24.0 Å². The van der Waals surface area contributed by atoms with E-state index >= 15 is 0 Å². The van der Waals surface area contributed by atoms with E-state index in [1.165, 1.54) is 13.8 Å². The average molecular weight is 355 g/mol. The molecule has 128 valence electrons. The first-order valence-electron chi connectivity index (χ1n) is 7.85. The van der Waals surface area contributed by atoms with Crippen molar-refractivity contribution in [2.75, 3.05) is 19.7 Å². The Kier molecular flexibility index (Phi) is 15.0. The van der Waals surface area contributed by atoms with E-state index in [1.54, 1.807) is 0 Å². The van der Waals surface area contributed by atoms with Gasteiger partial charge in [-0.1, -0.05) is 12.5 Å². The summed E-state index contributed by atoms with van der Waals surface area (Å²) < 4.78 is -0.185. The van der Waals surface area contributed by atoms with Crippen LogP contribution in [-0.4, -0.2) is 58.4 Å². The van der Waals surface area contributed by atoms with E-state index in [1.807, 2.05) is 6.08 Å². The van der Waals surface area contributed by atoms with Crippen LogP contribution in [0.25, 0.3) is 0 Å². The van der Waals surface area contributed by atoms with Crippen LogP contribution in [-0.2, 0) is 9.59 Å². The molecule has 0 bridgehead atoms. The first-order chi connectivity index (χ1) is 10.3. The molecule has 0 saturated heterocycles. The number of carboxylic acid groups (broad SMARTS) is 2. The maximum absolute atomic E-state index is 11.4. The van der Waals surface area contributed by atoms with Gasteiger partial charge in [0, 0.05) is 0 Å². The Hall–Kier alpha value is 0.236. The Morgan fingerprint density at radius 2 is 1.70 bits per heavy atom. The number of nitrogens with zero attached hydrogens (tertiary/aromatic N) is 1. The molecule has 23 heavy (non-hydrogen) atoms. The van der Waals surface area contributed by atoms with E-state index in [0.717, 1.165) is 25.7 Å². The molecule has 0 amide bonds. The van der Waals surface area contributed by atoms with Gasteiger partial charge in [0.25, 0.3) is 0 Å². The number of unbranched alkanes of at least 4 members (excludes halogenated alkanes) is 4. The van der Waals surface area contributed by atoms with E-state index in [0.29, 0.717) is 13.0 Å². The molecular weight excluding hydrogens is 325 g/mol. The molecule has 0 heterocycles. The minimum absolute atomic E-state index is 0. The fourth-order valence-electron chi connectivity index (χ4n) is 2.89. The minimum atomic E-state index is -1.28. The van der Waals surface area contributed by atoms with Crippen LogP contribution in [0.4, 0.5) is 0 Å². The molecule has 0 aliphatic heterocycles. The third kappa shape index (κ3) is 8.24. The summed E-state index contributed by atoms with van der Waals surface area (Å²) in [5, 5.41) is 29.9. The van der Waals surface area contributed by atoms with Crippen molar-refractivity contribution in [3.05, 3.63) is 12.7 Å². The zero-order chi connectivity index (χ0) is 17.2. The molecule has 0 aliphatic carbocycles. The van der Waals surface area contributed by atoms with Crippen molar-refractivity contribution in [1.82, 2.24) is 0 Å². The summed E-state index contributed by atoms with van der Waals surface area (Å²) in [5.74, 6) is -2.35. The van der Waals surface area contributed by atoms with Gasteiger partial charge in [-0.2, -0.15) is 0 Å². The summed E-state index contributed by atoms with van der Waals surface area (Å²) in [6, 6.07) is -1.89. The quantitative estimate of drug-likeness (QED) is 0.166. The number of hydrogen-bond donors (Lipinski definition) is 2. The molecule has 3 unspecified atom stereocenters. The third-order valence-electron chi connectivity index (χ3n) is 4.49. The Morgan fingerprint density at radius 1 is 1.13 bits per heavy atom. The molecule has 0 aromatic carbocycles. The number of carbonyl (C=O) groups is 2. The molecule has 0 aromatic rings. The van der Waals surface area contributed by atoms with Crippen LogP contribution in [0.1, 0.15) is 46.0 Å². The maximum atomic E-state index is 11.4. The molecular formula is C16H29KNO5+. The Labute approximate surface area is 181 Å². The van der Waals surface area contributed by atoms with Gasteiger partial charge >= 0.3 is 57.4 Å². The van der Waals surface area contributed by atoms with Gasteiger partial charge in [0.05, 0.1) is 19.1 Å². The zero-order valence-corrected chi connectivity index (χ0v) is 17.8. The number of allylic oxidation sites excluding steroid dienone is 1. The number of rotatable bonds is 13. The van der Waals surface area contributed by atoms with E-state index in [9.17, 15) is 24.9 Å². The number of carboxylic acids is 2. The van der Waals surface area contributed by atoms with Crippen LogP contribution in [0, 0.1) is 0 Å². The van der Waals surface area contributed by atoms with Crippen LogP contribution >= 0.6 is 0 Å². The van der Waals surface area contributed by atoms with Gasteiger partial charge in [0.15, 0.2) is 6.04 Å². The van der Waals surface area contributed by atoms with Crippen LogP contribution < -0.4 is 56.5 Å². The molecule has 0 spiro atoms. The third-order valence-corrected chi connectivity index (χ3v) is 4.49. The SMILES string of the molecule is C=CCCCCCC[N+](CCO)(C(C)C(=O)[O-])C(C)C(=O)O.[K+]. The molecule has 0 fully saturated rings. The molecule has 2 N–H and O–H groups in total. The van der Waals surface area contributed by atoms with Crippen molar-refractivity contribution in [1.29, 1.82) is 0 Å². The second kappa shape index (κ2) is 13.5. The number of aliphatic hydroxyl groups is 1. The number of carbonyl (C=O) groups excluding carboxylic acids is 1. The molecule has 0 saturated carbocycles. The van der Waals surface area contributed by atoms with Crippen molar-refractivity contribution in [3.63, 3.8) is 0 Å². The summed E-state index contributed by atoms with van der Waals surface area (Å²) in [7, 11) is 0. The smallest absolute Gasteiger partial charge is 0.544 e. The van der Waals surface area contributed by atoms with Gasteiger partial charge in [-0.25, -0.2) is 4.79 Å². The van der Waals surface area contributed by atoms with Crippen molar-refractivity contribution < 1.29 is 80.8 Å². The predicted molar refractivity (Wildman–Crippen MR) is 81.9 cm³/mol. The minimum Gasteiger partial charge on any atom is -0.544 e. The molecule has 0 radical (unpaired) electrons. The summed E-state index contributed by atoms with van der Waals surface area (Å²) in [6.45, 7) is 6.85. The summed E-state index contributed by atoms with van der Waals surface area (Å²) in [6.07, 6.45) is 6.42. The van der Waals surface area contributed by atoms with Gasteiger partial charge in [0.1, 0.15) is 12.6 Å². The molecule has 0 rings (SSSR count). The van der Waals surface area contributed by atoms with Crippen molar-refractivity contribution >= 4 is 11.9 Å². The molecule has 0 aliphatic rings. The predicted octanol–water partition coefficient (Wildman–Crippen LogP) is -2.45. The molecule has 6 nitrogen and oxygen atoms in total. The topological polar surface area (TPSA) is 97.7 Å². The largest absolute Gasteiger partial charge is 1.00 e. The van der Waals surface area contributed by atoms with Gasteiger partial charge in [-0.05, 0) is 39.5 Å². The number of quaternary nitrogens is 1. The summed E-state index contributed by atoms with van der Waals surface area (Å²) in [4.78, 5) is 22.7. The first-order valence-corrected chi connectivity index (χ1v) is 7.85. The van der Waals surface area contributed by atoms with Crippen LogP contribution in [0.15, 0.2) is 12.7 Å². The van der Waals surface area contributed by atoms with Gasteiger partial charge < -0.3 is 24.6 Å². The molecule has 3 atom stereocenters. The molecule has 7 heteroatoms. The Balaban J connectivity index is 0. The van der Waals surface area contributed by atoms with Crippen molar-refractivity contribution in [2.45, 2.75) is 58.0 Å². The van der Waals surface area contributed by atoms with Gasteiger partial charge in [-0.15, -0.1) is 6.58 Å². The Bertz CT molecular complexity index is 355. The number of aliphatic carboxylic acids is 2. The van der Waals surface area contributed by atoms with E-state index in [-0.39, 0.29) is 69.0 Å². The molecule has 0 aromatic heterocycles.